The van der Waals surface area contributed by atoms with Gasteiger partial charge in [0.15, 0.2) is 0 Å². The highest BCUT2D eigenvalue weighted by Crippen LogP contribution is 2.24. The number of carbonyl (C=O) groups is 1. The molecule has 1 fully saturated rings. The molecule has 0 saturated heterocycles. The van der Waals surface area contributed by atoms with Crippen molar-refractivity contribution in [1.29, 1.82) is 0 Å². The normalized spacial score (nSPS) is 23.3. The van der Waals surface area contributed by atoms with E-state index in [2.05, 4.69) is 5.32 Å². The Morgan fingerprint density at radius 2 is 2.11 bits per heavy atom. The van der Waals surface area contributed by atoms with Gasteiger partial charge in [0.05, 0.1) is 4.34 Å². The van der Waals surface area contributed by atoms with Crippen LogP contribution in [0.4, 0.5) is 0 Å². The lowest BCUT2D eigenvalue weighted by Crippen LogP contribution is -2.38. The Morgan fingerprint density at radius 1 is 1.37 bits per heavy atom. The molecular weight excluding hydrogens is 280 g/mol. The van der Waals surface area contributed by atoms with E-state index < -0.39 is 0 Å². The lowest BCUT2D eigenvalue weighted by Gasteiger charge is -2.28. The smallest absolute Gasteiger partial charge is 0.220 e. The third kappa shape index (κ3) is 4.79. The molecule has 1 aliphatic rings. The van der Waals surface area contributed by atoms with Crippen LogP contribution in [0.2, 0.25) is 4.34 Å². The molecule has 1 saturated carbocycles. The number of thiophene rings is 1. The SMILES string of the molecule is NCC1CCC(NC(=O)CCc2ccc(Cl)s2)CC1. The molecule has 0 bridgehead atoms. The highest BCUT2D eigenvalue weighted by Gasteiger charge is 2.21. The molecule has 2 rings (SSSR count). The van der Waals surface area contributed by atoms with Gasteiger partial charge >= 0.3 is 0 Å². The number of nitrogens with one attached hydrogen (secondary N) is 1. The Hall–Kier alpha value is -0.580. The van der Waals surface area contributed by atoms with Crippen molar-refractivity contribution in [3.8, 4) is 0 Å². The van der Waals surface area contributed by atoms with Crippen LogP contribution >= 0.6 is 22.9 Å². The molecule has 3 N–H and O–H groups in total. The average molecular weight is 301 g/mol. The Balaban J connectivity index is 1.67. The van der Waals surface area contributed by atoms with Crippen LogP contribution in [0.25, 0.3) is 0 Å². The van der Waals surface area contributed by atoms with Gasteiger partial charge in [0, 0.05) is 17.3 Å². The molecule has 1 aliphatic carbocycles. The van der Waals surface area contributed by atoms with E-state index >= 15 is 0 Å². The summed E-state index contributed by atoms with van der Waals surface area (Å²) in [5.74, 6) is 0.808. The second kappa shape index (κ2) is 7.27. The summed E-state index contributed by atoms with van der Waals surface area (Å²) in [6.07, 6.45) is 5.75. The number of hydrogen-bond donors (Lipinski definition) is 2. The first-order chi connectivity index (χ1) is 9.17. The molecule has 19 heavy (non-hydrogen) atoms. The maximum atomic E-state index is 11.9. The highest BCUT2D eigenvalue weighted by atomic mass is 35.5. The molecule has 1 aromatic rings. The van der Waals surface area contributed by atoms with Gasteiger partial charge in [-0.05, 0) is 56.7 Å². The molecule has 3 nitrogen and oxygen atoms in total. The van der Waals surface area contributed by atoms with Crippen LogP contribution in [0.15, 0.2) is 12.1 Å². The molecule has 5 heteroatoms. The van der Waals surface area contributed by atoms with E-state index in [1.165, 1.54) is 4.88 Å². The fourth-order valence-corrected chi connectivity index (χ4v) is 3.65. The number of aryl methyl sites for hydroxylation is 1. The van der Waals surface area contributed by atoms with Gasteiger partial charge in [-0.3, -0.25) is 4.79 Å². The van der Waals surface area contributed by atoms with Gasteiger partial charge in [0.2, 0.25) is 5.91 Å². The molecule has 0 spiro atoms. The summed E-state index contributed by atoms with van der Waals surface area (Å²) in [7, 11) is 0. The predicted molar refractivity (Wildman–Crippen MR) is 80.6 cm³/mol. The number of amides is 1. The van der Waals surface area contributed by atoms with E-state index in [1.54, 1.807) is 11.3 Å². The van der Waals surface area contributed by atoms with E-state index in [9.17, 15) is 4.79 Å². The molecule has 0 atom stereocenters. The number of halogens is 1. The third-order valence-electron chi connectivity index (χ3n) is 3.77. The maximum absolute atomic E-state index is 11.9. The van der Waals surface area contributed by atoms with Crippen LogP contribution in [-0.4, -0.2) is 18.5 Å². The van der Waals surface area contributed by atoms with E-state index in [0.717, 1.165) is 43.0 Å². The van der Waals surface area contributed by atoms with Crippen LogP contribution in [-0.2, 0) is 11.2 Å². The third-order valence-corrected chi connectivity index (χ3v) is 5.06. The molecule has 0 aliphatic heterocycles. The Morgan fingerprint density at radius 3 is 2.68 bits per heavy atom. The molecule has 1 amide bonds. The number of carbonyl (C=O) groups excluding carboxylic acids is 1. The summed E-state index contributed by atoms with van der Waals surface area (Å²) in [5.41, 5.74) is 5.67. The van der Waals surface area contributed by atoms with Crippen molar-refractivity contribution in [2.24, 2.45) is 11.7 Å². The van der Waals surface area contributed by atoms with Crippen molar-refractivity contribution in [2.45, 2.75) is 44.6 Å². The van der Waals surface area contributed by atoms with Gasteiger partial charge in [0.25, 0.3) is 0 Å². The highest BCUT2D eigenvalue weighted by molar-refractivity contribution is 7.16. The summed E-state index contributed by atoms with van der Waals surface area (Å²) < 4.78 is 0.788. The van der Waals surface area contributed by atoms with Crippen molar-refractivity contribution < 1.29 is 4.79 Å². The van der Waals surface area contributed by atoms with Gasteiger partial charge in [-0.15, -0.1) is 11.3 Å². The summed E-state index contributed by atoms with van der Waals surface area (Å²) in [6.45, 7) is 0.778. The summed E-state index contributed by atoms with van der Waals surface area (Å²) in [5, 5.41) is 3.13. The van der Waals surface area contributed by atoms with E-state index in [-0.39, 0.29) is 5.91 Å². The Bertz CT molecular complexity index is 413. The topological polar surface area (TPSA) is 55.1 Å². The number of rotatable bonds is 5. The van der Waals surface area contributed by atoms with Gasteiger partial charge < -0.3 is 11.1 Å². The molecule has 0 unspecified atom stereocenters. The molecule has 1 aromatic heterocycles. The fraction of sp³-hybridized carbons (Fsp3) is 0.643. The van der Waals surface area contributed by atoms with Crippen LogP contribution in [0.5, 0.6) is 0 Å². The molecule has 1 heterocycles. The monoisotopic (exact) mass is 300 g/mol. The van der Waals surface area contributed by atoms with Crippen molar-refractivity contribution >= 4 is 28.8 Å². The zero-order valence-electron chi connectivity index (χ0n) is 11.0. The zero-order valence-corrected chi connectivity index (χ0v) is 12.6. The van der Waals surface area contributed by atoms with E-state index in [4.69, 9.17) is 17.3 Å². The van der Waals surface area contributed by atoms with Crippen molar-refractivity contribution in [1.82, 2.24) is 5.32 Å². The first kappa shape index (κ1) is 14.8. The van der Waals surface area contributed by atoms with Gasteiger partial charge in [-0.25, -0.2) is 0 Å². The fourth-order valence-electron chi connectivity index (χ4n) is 2.57. The molecular formula is C14H21ClN2OS. The maximum Gasteiger partial charge on any atom is 0.220 e. The predicted octanol–water partition coefficient (Wildman–Crippen LogP) is 2.97. The average Bonchev–Trinajstić information content (AvgIpc) is 2.83. The Labute approximate surface area is 123 Å². The summed E-state index contributed by atoms with van der Waals surface area (Å²) in [4.78, 5) is 13.1. The molecule has 106 valence electrons. The minimum atomic E-state index is 0.153. The lowest BCUT2D eigenvalue weighted by molar-refractivity contribution is -0.122. The van der Waals surface area contributed by atoms with E-state index in [1.807, 2.05) is 12.1 Å². The minimum absolute atomic E-state index is 0.153. The van der Waals surface area contributed by atoms with Crippen LogP contribution in [0.1, 0.15) is 37.0 Å². The largest absolute Gasteiger partial charge is 0.353 e. The minimum Gasteiger partial charge on any atom is -0.353 e. The van der Waals surface area contributed by atoms with Crippen molar-refractivity contribution in [3.63, 3.8) is 0 Å². The molecule has 0 aromatic carbocycles. The van der Waals surface area contributed by atoms with E-state index in [0.29, 0.717) is 18.4 Å². The molecule has 0 radical (unpaired) electrons. The quantitative estimate of drug-likeness (QED) is 0.878. The van der Waals surface area contributed by atoms with Gasteiger partial charge in [-0.2, -0.15) is 0 Å². The number of nitrogens with two attached hydrogens (primary N) is 1. The second-order valence-corrected chi connectivity index (χ2v) is 7.03. The van der Waals surface area contributed by atoms with Crippen LogP contribution in [0, 0.1) is 5.92 Å². The Kier molecular flexibility index (Phi) is 5.67. The number of hydrogen-bond acceptors (Lipinski definition) is 3. The summed E-state index contributed by atoms with van der Waals surface area (Å²) in [6, 6.07) is 4.22. The lowest BCUT2D eigenvalue weighted by atomic mass is 9.86. The van der Waals surface area contributed by atoms with Crippen molar-refractivity contribution in [2.75, 3.05) is 6.54 Å². The van der Waals surface area contributed by atoms with Gasteiger partial charge in [-0.1, -0.05) is 11.6 Å². The summed E-state index contributed by atoms with van der Waals surface area (Å²) >= 11 is 7.42. The zero-order chi connectivity index (χ0) is 13.7. The van der Waals surface area contributed by atoms with Crippen molar-refractivity contribution in [3.05, 3.63) is 21.3 Å². The first-order valence-electron chi connectivity index (χ1n) is 6.91. The van der Waals surface area contributed by atoms with Crippen LogP contribution in [0.3, 0.4) is 0 Å². The van der Waals surface area contributed by atoms with Crippen LogP contribution < -0.4 is 11.1 Å². The first-order valence-corrected chi connectivity index (χ1v) is 8.10. The standard InChI is InChI=1S/C14H21ClN2OS/c15-13-7-5-12(19-13)6-8-14(18)17-11-3-1-10(9-16)2-4-11/h5,7,10-11H,1-4,6,8-9,16H2,(H,17,18). The van der Waals surface area contributed by atoms with Gasteiger partial charge in [0.1, 0.15) is 0 Å². The second-order valence-electron chi connectivity index (χ2n) is 5.23.